The molecule has 0 aromatic heterocycles. The summed E-state index contributed by atoms with van der Waals surface area (Å²) in [5.74, 6) is 0. The maximum absolute atomic E-state index is 10.1. The first-order valence-electron chi connectivity index (χ1n) is 5.92. The second-order valence-corrected chi connectivity index (χ2v) is 5.35. The molecule has 2 heterocycles. The van der Waals surface area contributed by atoms with E-state index in [1.54, 1.807) is 13.1 Å². The van der Waals surface area contributed by atoms with Crippen LogP contribution in [0.3, 0.4) is 0 Å². The number of thioether (sulfide) groups is 1. The lowest BCUT2D eigenvalue weighted by atomic mass is 9.98. The van der Waals surface area contributed by atoms with Crippen LogP contribution in [-0.2, 0) is 4.74 Å². The average Bonchev–Trinajstić information content (AvgIpc) is 2.79. The topological polar surface area (TPSA) is 86.1 Å². The smallest absolute Gasteiger partial charge is 0.159 e. The summed E-state index contributed by atoms with van der Waals surface area (Å²) < 4.78 is 5.77. The maximum Gasteiger partial charge on any atom is 0.159 e. The van der Waals surface area contributed by atoms with Crippen molar-refractivity contribution in [3.05, 3.63) is 12.7 Å². The molecule has 4 N–H and O–H groups in total. The molecule has 2 aliphatic rings. The number of aliphatic hydroxyl groups excluding tert-OH is 2. The third-order valence-corrected chi connectivity index (χ3v) is 4.17. The zero-order valence-electron chi connectivity index (χ0n) is 10.7. The molecule has 0 aliphatic carbocycles. The fourth-order valence-electron chi connectivity index (χ4n) is 2.05. The number of nitrogens with one attached hydrogen (secondary N) is 2. The van der Waals surface area contributed by atoms with E-state index in [1.165, 1.54) is 11.8 Å². The lowest BCUT2D eigenvalue weighted by Gasteiger charge is -2.38. The number of hydrogen-bond donors (Lipinski definition) is 4. The average molecular weight is 310 g/mol. The number of halogens is 1. The summed E-state index contributed by atoms with van der Waals surface area (Å²) in [6, 6.07) is -0.400. The van der Waals surface area contributed by atoms with E-state index in [9.17, 15) is 10.2 Å². The molecule has 8 heteroatoms. The molecular weight excluding hydrogens is 290 g/mol. The summed E-state index contributed by atoms with van der Waals surface area (Å²) in [4.78, 5) is 4.29. The first-order chi connectivity index (χ1) is 8.67. The quantitative estimate of drug-likeness (QED) is 0.407. The molecule has 1 saturated heterocycles. The third kappa shape index (κ3) is 3.62. The number of aliphatic imine (C=N–C) groups is 1. The van der Waals surface area contributed by atoms with Crippen molar-refractivity contribution in [3.8, 4) is 0 Å². The zero-order valence-corrected chi connectivity index (χ0v) is 12.3. The Hall–Kier alpha value is -0.310. The van der Waals surface area contributed by atoms with Gasteiger partial charge in [-0.1, -0.05) is 17.8 Å². The minimum atomic E-state index is -0.927. The number of fused-ring (bicyclic) bond motifs is 1. The molecule has 0 unspecified atom stereocenters. The van der Waals surface area contributed by atoms with Crippen molar-refractivity contribution >= 4 is 29.3 Å². The molecule has 19 heavy (non-hydrogen) atoms. The van der Waals surface area contributed by atoms with E-state index < -0.39 is 24.4 Å². The Morgan fingerprint density at radius 2 is 2.21 bits per heavy atom. The van der Waals surface area contributed by atoms with Gasteiger partial charge in [0.15, 0.2) is 5.17 Å². The van der Waals surface area contributed by atoms with Gasteiger partial charge in [0.05, 0.1) is 0 Å². The summed E-state index contributed by atoms with van der Waals surface area (Å²) >= 11 is 1.44. The molecule has 6 nitrogen and oxygen atoms in total. The van der Waals surface area contributed by atoms with Crippen molar-refractivity contribution in [3.63, 3.8) is 0 Å². The number of rotatable bonds is 4. The van der Waals surface area contributed by atoms with Gasteiger partial charge in [0.25, 0.3) is 0 Å². The minimum Gasteiger partial charge on any atom is -0.388 e. The Morgan fingerprint density at radius 1 is 1.47 bits per heavy atom. The lowest BCUT2D eigenvalue weighted by molar-refractivity contribution is -0.150. The molecule has 0 aromatic rings. The molecule has 0 saturated carbocycles. The molecule has 5 atom stereocenters. The largest absolute Gasteiger partial charge is 0.388 e. The van der Waals surface area contributed by atoms with Gasteiger partial charge in [-0.3, -0.25) is 4.99 Å². The summed E-state index contributed by atoms with van der Waals surface area (Å²) in [5, 5.41) is 26.8. The van der Waals surface area contributed by atoms with Gasteiger partial charge in [-0.15, -0.1) is 19.0 Å². The van der Waals surface area contributed by atoms with Crippen LogP contribution in [0.15, 0.2) is 17.6 Å². The Morgan fingerprint density at radius 3 is 2.84 bits per heavy atom. The van der Waals surface area contributed by atoms with Crippen molar-refractivity contribution in [2.75, 3.05) is 20.1 Å². The summed E-state index contributed by atoms with van der Waals surface area (Å²) in [6.07, 6.45) is -0.511. The van der Waals surface area contributed by atoms with Crippen LogP contribution in [0.1, 0.15) is 0 Å². The molecule has 0 radical (unpaired) electrons. The summed E-state index contributed by atoms with van der Waals surface area (Å²) in [7, 11) is 1.77. The van der Waals surface area contributed by atoms with Gasteiger partial charge in [0, 0.05) is 20.1 Å². The highest BCUT2D eigenvalue weighted by Crippen LogP contribution is 2.35. The Bertz CT molecular complexity index is 345. The fraction of sp³-hybridized carbons (Fsp3) is 0.727. The van der Waals surface area contributed by atoms with Crippen LogP contribution in [0.5, 0.6) is 0 Å². The monoisotopic (exact) mass is 309 g/mol. The Kier molecular flexibility index (Phi) is 6.58. The first-order valence-corrected chi connectivity index (χ1v) is 6.80. The number of ether oxygens (including phenoxy) is 1. The van der Waals surface area contributed by atoms with Gasteiger partial charge >= 0.3 is 0 Å². The number of hydrogen-bond acceptors (Lipinski definition) is 7. The first kappa shape index (κ1) is 16.7. The van der Waals surface area contributed by atoms with Crippen LogP contribution in [0.25, 0.3) is 0 Å². The van der Waals surface area contributed by atoms with Gasteiger partial charge in [-0.2, -0.15) is 0 Å². The van der Waals surface area contributed by atoms with E-state index in [4.69, 9.17) is 4.74 Å². The number of aliphatic hydroxyl groups is 2. The SMILES string of the molecule is C=CCNC[C@H]1O[C@@H]2SC(NC)=N[C@@H]2[C@@H](O)[C@@H]1O.Cl. The molecule has 1 fully saturated rings. The highest BCUT2D eigenvalue weighted by molar-refractivity contribution is 8.14. The summed E-state index contributed by atoms with van der Waals surface area (Å²) in [5.41, 5.74) is -0.235. The van der Waals surface area contributed by atoms with Crippen molar-refractivity contribution < 1.29 is 14.9 Å². The molecule has 2 rings (SSSR count). The number of nitrogens with zero attached hydrogens (tertiary/aromatic N) is 1. The standard InChI is InChI=1S/C11H19N3O3S.ClH/c1-3-4-13-5-6-8(15)9(16)7-10(17-6)18-11(12-2)14-7;/h3,6-10,13,15-16H,1,4-5H2,2H3,(H,12,14);1H/t6-,7-,8-,9-,10-;/m1./s1. The minimum absolute atomic E-state index is 0. The molecule has 0 bridgehead atoms. The number of amidine groups is 1. The van der Waals surface area contributed by atoms with E-state index in [0.29, 0.717) is 13.1 Å². The van der Waals surface area contributed by atoms with Crippen LogP contribution in [0.4, 0.5) is 0 Å². The second-order valence-electron chi connectivity index (χ2n) is 4.26. The van der Waals surface area contributed by atoms with Crippen LogP contribution in [-0.4, -0.2) is 65.3 Å². The third-order valence-electron chi connectivity index (χ3n) is 3.01. The Balaban J connectivity index is 0.00000180. The second kappa shape index (κ2) is 7.47. The van der Waals surface area contributed by atoms with Crippen LogP contribution < -0.4 is 10.6 Å². The fourth-order valence-corrected chi connectivity index (χ4v) is 3.13. The van der Waals surface area contributed by atoms with Crippen molar-refractivity contribution in [2.45, 2.75) is 29.8 Å². The van der Waals surface area contributed by atoms with E-state index in [0.717, 1.165) is 5.17 Å². The van der Waals surface area contributed by atoms with Crippen molar-refractivity contribution in [1.29, 1.82) is 0 Å². The lowest BCUT2D eigenvalue weighted by Crippen LogP contribution is -2.57. The predicted octanol–water partition coefficient (Wildman–Crippen LogP) is -0.679. The van der Waals surface area contributed by atoms with Crippen LogP contribution >= 0.6 is 24.2 Å². The summed E-state index contributed by atoms with van der Waals surface area (Å²) in [6.45, 7) is 4.72. The molecular formula is C11H20ClN3O3S. The molecule has 0 spiro atoms. The van der Waals surface area contributed by atoms with Gasteiger partial charge < -0.3 is 25.6 Å². The van der Waals surface area contributed by atoms with Gasteiger partial charge in [0.1, 0.15) is 29.8 Å². The Labute approximate surface area is 123 Å². The van der Waals surface area contributed by atoms with Crippen molar-refractivity contribution in [1.82, 2.24) is 10.6 Å². The van der Waals surface area contributed by atoms with Crippen molar-refractivity contribution in [2.24, 2.45) is 4.99 Å². The highest BCUT2D eigenvalue weighted by atomic mass is 35.5. The maximum atomic E-state index is 10.1. The van der Waals surface area contributed by atoms with Crippen LogP contribution in [0, 0.1) is 0 Å². The highest BCUT2D eigenvalue weighted by Gasteiger charge is 2.47. The zero-order chi connectivity index (χ0) is 13.1. The molecule has 2 aliphatic heterocycles. The van der Waals surface area contributed by atoms with Gasteiger partial charge in [-0.05, 0) is 0 Å². The van der Waals surface area contributed by atoms with E-state index in [2.05, 4.69) is 22.2 Å². The molecule has 0 amide bonds. The van der Waals surface area contributed by atoms with E-state index in [-0.39, 0.29) is 17.8 Å². The van der Waals surface area contributed by atoms with Gasteiger partial charge in [-0.25, -0.2) is 0 Å². The predicted molar refractivity (Wildman–Crippen MR) is 78.9 cm³/mol. The van der Waals surface area contributed by atoms with Crippen LogP contribution in [0.2, 0.25) is 0 Å². The molecule has 110 valence electrons. The van der Waals surface area contributed by atoms with E-state index >= 15 is 0 Å². The molecule has 0 aromatic carbocycles. The van der Waals surface area contributed by atoms with Gasteiger partial charge in [0.2, 0.25) is 0 Å². The van der Waals surface area contributed by atoms with E-state index in [1.807, 2.05) is 0 Å². The normalized spacial score (nSPS) is 37.0.